The molecule has 0 heterocycles. The summed E-state index contributed by atoms with van der Waals surface area (Å²) in [7, 11) is 0. The molecule has 0 saturated heterocycles. The van der Waals surface area contributed by atoms with Crippen LogP contribution in [0.5, 0.6) is 0 Å². The second kappa shape index (κ2) is 2.34. The minimum Gasteiger partial charge on any atom is -0.596 e. The fourth-order valence-corrected chi connectivity index (χ4v) is 0. The van der Waals surface area contributed by atoms with Crippen LogP contribution < -0.4 is 0 Å². The van der Waals surface area contributed by atoms with E-state index in [-0.39, 0.29) is 0 Å². The molecule has 0 aliphatic carbocycles. The monoisotopic (exact) mass is 61.0 g/mol. The average Bonchev–Trinajstić information content (AvgIpc) is 1.37. The van der Waals surface area contributed by atoms with Crippen molar-refractivity contribution < 1.29 is 10.2 Å². The summed E-state index contributed by atoms with van der Waals surface area (Å²) in [5, 5.41) is 13.5. The number of rotatable bonds is 0. The van der Waals surface area contributed by atoms with Gasteiger partial charge in [0.15, 0.2) is 6.26 Å². The molecule has 0 atom stereocenters. The molecular formula is C2H5O2+. The van der Waals surface area contributed by atoms with Crippen molar-refractivity contribution in [3.05, 3.63) is 12.5 Å². The Labute approximate surface area is 24.0 Å². The summed E-state index contributed by atoms with van der Waals surface area (Å²) in [6.45, 7) is 0. The summed E-state index contributed by atoms with van der Waals surface area (Å²) in [5.41, 5.74) is 0. The molecule has 2 nitrogen and oxygen atoms in total. The highest BCUT2D eigenvalue weighted by atomic mass is 16.3. The van der Waals surface area contributed by atoms with E-state index in [1.165, 1.54) is 0 Å². The number of aliphatic hydroxyl groups is 1. The van der Waals surface area contributed by atoms with E-state index in [9.17, 15) is 0 Å². The maximum atomic E-state index is 7.51. The fourth-order valence-electron chi connectivity index (χ4n) is 0. The van der Waals surface area contributed by atoms with Crippen molar-refractivity contribution in [2.75, 3.05) is 0 Å². The molecule has 0 spiro atoms. The van der Waals surface area contributed by atoms with Crippen LogP contribution in [0.25, 0.3) is 0 Å². The molecule has 0 rings (SSSR count). The molecule has 0 unspecified atom stereocenters. The van der Waals surface area contributed by atoms with Crippen molar-refractivity contribution >= 4 is 0 Å². The van der Waals surface area contributed by atoms with E-state index >= 15 is 0 Å². The molecule has 3 N–H and O–H groups in total. The van der Waals surface area contributed by atoms with Crippen molar-refractivity contribution in [2.24, 2.45) is 0 Å². The van der Waals surface area contributed by atoms with Gasteiger partial charge in [0, 0.05) is 0 Å². The molecule has 0 saturated carbocycles. The molecule has 0 aliphatic rings. The molecule has 0 radical (unpaired) electrons. The smallest absolute Gasteiger partial charge is 0.251 e. The molecule has 24 valence electrons. The molecule has 0 aromatic rings. The largest absolute Gasteiger partial charge is 0.596 e. The van der Waals surface area contributed by atoms with Gasteiger partial charge in [0.2, 0.25) is 0 Å². The van der Waals surface area contributed by atoms with E-state index in [1.807, 2.05) is 0 Å². The summed E-state index contributed by atoms with van der Waals surface area (Å²) in [4.78, 5) is 0. The minimum atomic E-state index is 0.667. The Balaban J connectivity index is 2.55. The van der Waals surface area contributed by atoms with Gasteiger partial charge in [0.1, 0.15) is 0 Å². The van der Waals surface area contributed by atoms with Crippen LogP contribution in [-0.4, -0.2) is 10.2 Å². The van der Waals surface area contributed by atoms with Gasteiger partial charge < -0.3 is 10.2 Å². The SMILES string of the molecule is O/C=C/[OH2+]. The lowest BCUT2D eigenvalue weighted by atomic mass is 11.1. The number of hydrogen-bond donors (Lipinski definition) is 1. The molecule has 0 aromatic heterocycles. The minimum absolute atomic E-state index is 0.667. The third-order valence-electron chi connectivity index (χ3n) is 0.0745. The van der Waals surface area contributed by atoms with E-state index in [2.05, 4.69) is 0 Å². The molecule has 0 aliphatic heterocycles. The van der Waals surface area contributed by atoms with Crippen LogP contribution in [0, 0.1) is 0 Å². The van der Waals surface area contributed by atoms with E-state index in [0.717, 1.165) is 6.26 Å². The Bertz CT molecular complexity index is 19.2. The fraction of sp³-hybridized carbons (Fsp3) is 0. The molecule has 0 amide bonds. The highest BCUT2D eigenvalue weighted by Gasteiger charge is 1.42. The topological polar surface area (TPSA) is 43.1 Å². The molecular weight excluding hydrogens is 56.0 g/mol. The van der Waals surface area contributed by atoms with Gasteiger partial charge in [-0.15, -0.1) is 0 Å². The van der Waals surface area contributed by atoms with Crippen LogP contribution in [-0.2, 0) is 0 Å². The van der Waals surface area contributed by atoms with Crippen LogP contribution in [0.1, 0.15) is 0 Å². The van der Waals surface area contributed by atoms with E-state index in [4.69, 9.17) is 10.2 Å². The third kappa shape index (κ3) is 1.34. The predicted octanol–water partition coefficient (Wildman–Crippen LogP) is -0.260. The Morgan fingerprint density at radius 1 is 1.75 bits per heavy atom. The first-order chi connectivity index (χ1) is 1.91. The second-order valence-electron chi connectivity index (χ2n) is 0.316. The van der Waals surface area contributed by atoms with Crippen molar-refractivity contribution in [3.8, 4) is 0 Å². The lowest BCUT2D eigenvalue weighted by molar-refractivity contribution is 0.407. The Kier molecular flexibility index (Phi) is 1.95. The van der Waals surface area contributed by atoms with Gasteiger partial charge in [0.25, 0.3) is 6.26 Å². The van der Waals surface area contributed by atoms with Gasteiger partial charge in [-0.25, -0.2) is 0 Å². The van der Waals surface area contributed by atoms with Crippen molar-refractivity contribution in [1.29, 1.82) is 0 Å². The quantitative estimate of drug-likeness (QED) is 0.304. The van der Waals surface area contributed by atoms with Gasteiger partial charge in [0.05, 0.1) is 0 Å². The summed E-state index contributed by atoms with van der Waals surface area (Å²) >= 11 is 0. The Morgan fingerprint density at radius 2 is 2.00 bits per heavy atom. The maximum absolute atomic E-state index is 7.51. The lowest BCUT2D eigenvalue weighted by Gasteiger charge is -1.53. The van der Waals surface area contributed by atoms with E-state index in [1.54, 1.807) is 0 Å². The summed E-state index contributed by atoms with van der Waals surface area (Å²) in [5.74, 6) is 0. The van der Waals surface area contributed by atoms with Gasteiger partial charge in [-0.3, -0.25) is 0 Å². The summed E-state index contributed by atoms with van der Waals surface area (Å²) < 4.78 is 0. The lowest BCUT2D eigenvalue weighted by Crippen LogP contribution is -1.43. The van der Waals surface area contributed by atoms with Crippen molar-refractivity contribution in [1.82, 2.24) is 0 Å². The third-order valence-corrected chi connectivity index (χ3v) is 0.0745. The van der Waals surface area contributed by atoms with Crippen LogP contribution in [0.3, 0.4) is 0 Å². The second-order valence-corrected chi connectivity index (χ2v) is 0.316. The van der Waals surface area contributed by atoms with Crippen LogP contribution in [0.2, 0.25) is 0 Å². The van der Waals surface area contributed by atoms with Crippen LogP contribution in [0.4, 0.5) is 0 Å². The van der Waals surface area contributed by atoms with Crippen molar-refractivity contribution in [2.45, 2.75) is 0 Å². The van der Waals surface area contributed by atoms with Gasteiger partial charge in [-0.1, -0.05) is 0 Å². The zero-order valence-electron chi connectivity index (χ0n) is 2.10. The molecule has 4 heavy (non-hydrogen) atoms. The molecule has 2 heteroatoms. The first-order valence-corrected chi connectivity index (χ1v) is 0.880. The molecule has 0 aromatic carbocycles. The van der Waals surface area contributed by atoms with E-state index in [0.29, 0.717) is 6.26 Å². The molecule has 0 bridgehead atoms. The highest BCUT2D eigenvalue weighted by Crippen LogP contribution is 1.44. The normalized spacial score (nSPS) is 9.00. The number of aliphatic hydroxyl groups excluding tert-OH is 1. The first-order valence-electron chi connectivity index (χ1n) is 0.880. The summed E-state index contributed by atoms with van der Waals surface area (Å²) in [6.07, 6.45) is 1.47. The van der Waals surface area contributed by atoms with Gasteiger partial charge in [-0.05, 0) is 0 Å². The Hall–Kier alpha value is -0.660. The van der Waals surface area contributed by atoms with E-state index < -0.39 is 0 Å². The average molecular weight is 61.1 g/mol. The van der Waals surface area contributed by atoms with Crippen LogP contribution >= 0.6 is 0 Å². The Morgan fingerprint density at radius 3 is 2.00 bits per heavy atom. The number of hydrogen-bond acceptors (Lipinski definition) is 1. The zero-order chi connectivity index (χ0) is 3.41. The van der Waals surface area contributed by atoms with Gasteiger partial charge >= 0.3 is 0 Å². The van der Waals surface area contributed by atoms with Gasteiger partial charge in [-0.2, -0.15) is 0 Å². The van der Waals surface area contributed by atoms with Crippen LogP contribution in [0.15, 0.2) is 12.5 Å². The summed E-state index contributed by atoms with van der Waals surface area (Å²) in [6, 6.07) is 0. The standard InChI is InChI=1S/C2H4O2/c3-1-2-4/h1-4H/p+1/b2-1+. The highest BCUT2D eigenvalue weighted by molar-refractivity contribution is 4.49. The maximum Gasteiger partial charge on any atom is 0.251 e. The van der Waals surface area contributed by atoms with Crippen molar-refractivity contribution in [3.63, 3.8) is 0 Å². The molecule has 0 fully saturated rings. The predicted molar refractivity (Wildman–Crippen MR) is 15.4 cm³/mol. The first kappa shape index (κ1) is 3.34. The zero-order valence-corrected chi connectivity index (χ0v) is 2.10.